The number of nitrogens with zero attached hydrogens (tertiary/aromatic N) is 7. The molecule has 71 heavy (non-hydrogen) atoms. The first-order chi connectivity index (χ1) is 33.9. The normalized spacial score (nSPS) is 15.3. The first-order valence-corrected chi connectivity index (χ1v) is 24.3. The van der Waals surface area contributed by atoms with E-state index in [9.17, 15) is 33.9 Å². The van der Waals surface area contributed by atoms with E-state index in [2.05, 4.69) is 57.2 Å². The molecular formula is C49H63N13O8S. The molecule has 6 rings (SSSR count). The topological polar surface area (TPSA) is 277 Å². The molecule has 0 spiro atoms. The van der Waals surface area contributed by atoms with Crippen LogP contribution in [-0.2, 0) is 31.0 Å². The van der Waals surface area contributed by atoms with Gasteiger partial charge in [0.1, 0.15) is 18.4 Å². The number of aryl methyl sites for hydroxylation is 2. The molecule has 0 radical (unpaired) electrons. The van der Waals surface area contributed by atoms with Crippen LogP contribution in [0.3, 0.4) is 0 Å². The van der Waals surface area contributed by atoms with Crippen LogP contribution in [0.1, 0.15) is 100 Å². The number of amides is 6. The zero-order chi connectivity index (χ0) is 51.4. The number of nitrogens with one attached hydrogen (secondary N) is 6. The maximum absolute atomic E-state index is 14.1. The molecule has 6 amide bonds. The molecule has 1 unspecified atom stereocenters. The number of carbonyl (C=O) groups excluding carboxylic acids is 6. The molecule has 0 aliphatic carbocycles. The molecule has 1 fully saturated rings. The lowest BCUT2D eigenvalue weighted by Gasteiger charge is -2.35. The van der Waals surface area contributed by atoms with Crippen molar-refractivity contribution >= 4 is 64.0 Å². The average molecular weight is 994 g/mol. The molecule has 0 bridgehead atoms. The highest BCUT2D eigenvalue weighted by Gasteiger charge is 2.44. The summed E-state index contributed by atoms with van der Waals surface area (Å²) >= 11 is 1.56. The summed E-state index contributed by atoms with van der Waals surface area (Å²) in [4.78, 5) is 90.3. The highest BCUT2D eigenvalue weighted by atomic mass is 32.1. The summed E-state index contributed by atoms with van der Waals surface area (Å²) in [6, 6.07) is 12.4. The molecule has 22 heteroatoms. The Hall–Kier alpha value is -7.33. The predicted molar refractivity (Wildman–Crippen MR) is 267 cm³/mol. The number of hydrogen-bond acceptors (Lipinski definition) is 15. The maximum atomic E-state index is 14.1. The second-order valence-electron chi connectivity index (χ2n) is 18.4. The van der Waals surface area contributed by atoms with Gasteiger partial charge in [0, 0.05) is 46.0 Å². The van der Waals surface area contributed by atoms with Crippen LogP contribution in [0.2, 0.25) is 0 Å². The van der Waals surface area contributed by atoms with E-state index in [0.717, 1.165) is 21.7 Å². The van der Waals surface area contributed by atoms with E-state index in [1.165, 1.54) is 25.1 Å². The Morgan fingerprint density at radius 3 is 2.27 bits per heavy atom. The molecule has 7 N–H and O–H groups in total. The molecule has 0 saturated carbocycles. The van der Waals surface area contributed by atoms with E-state index < -0.39 is 41.3 Å². The Labute approximate surface area is 416 Å². The lowest BCUT2D eigenvalue weighted by Crippen LogP contribution is -2.57. The minimum absolute atomic E-state index is 0.0244. The number of likely N-dealkylation sites (tertiary alicyclic amines) is 1. The smallest absolute Gasteiger partial charge is 0.273 e. The third-order valence-electron chi connectivity index (χ3n) is 11.9. The zero-order valence-electron chi connectivity index (χ0n) is 41.3. The van der Waals surface area contributed by atoms with Gasteiger partial charge in [0.25, 0.3) is 5.91 Å². The van der Waals surface area contributed by atoms with Gasteiger partial charge in [-0.1, -0.05) is 63.9 Å². The lowest BCUT2D eigenvalue weighted by molar-refractivity contribution is -0.144. The highest BCUT2D eigenvalue weighted by Crippen LogP contribution is 2.37. The van der Waals surface area contributed by atoms with Gasteiger partial charge in [0.2, 0.25) is 29.5 Å². The van der Waals surface area contributed by atoms with E-state index in [1.807, 2.05) is 58.9 Å². The lowest BCUT2D eigenvalue weighted by atomic mass is 9.85. The van der Waals surface area contributed by atoms with Crippen LogP contribution >= 0.6 is 11.3 Å². The molecule has 3 aromatic heterocycles. The number of para-hydroxylation sites is 1. The van der Waals surface area contributed by atoms with Crippen LogP contribution in [-0.4, -0.2) is 121 Å². The fraction of sp³-hybridized carbons (Fsp3) is 0.449. The quantitative estimate of drug-likeness (QED) is 0.0496. The fourth-order valence-electron chi connectivity index (χ4n) is 8.10. The van der Waals surface area contributed by atoms with Gasteiger partial charge in [-0.25, -0.2) is 9.97 Å². The fourth-order valence-corrected chi connectivity index (χ4v) is 8.91. The molecule has 1 aliphatic rings. The SMILES string of the molecule is CNC(=O)c1nnc(NC(=O)CNC(=O)CCCCCCC(=O)NC(C(=O)N2C[C@H](O)C[C@H]2C(=O)N[C@@H](C)c2ccc(-c3scnc3C)cc2)C(C)(C)C)cc1Nc1cccc(-c2ncn(C)n2)c1OC. The van der Waals surface area contributed by atoms with Gasteiger partial charge < -0.3 is 46.6 Å². The van der Waals surface area contributed by atoms with Crippen molar-refractivity contribution in [1.82, 2.24) is 56.1 Å². The Bertz CT molecular complexity index is 2700. The summed E-state index contributed by atoms with van der Waals surface area (Å²) in [5.74, 6) is -1.73. The second kappa shape index (κ2) is 24.0. The molecule has 4 atom stereocenters. The molecular weight excluding hydrogens is 931 g/mol. The van der Waals surface area contributed by atoms with Crippen molar-refractivity contribution < 1.29 is 38.6 Å². The summed E-state index contributed by atoms with van der Waals surface area (Å²) in [7, 11) is 4.69. The number of thiazole rings is 1. The molecule has 4 heterocycles. The van der Waals surface area contributed by atoms with Crippen molar-refractivity contribution in [2.24, 2.45) is 12.5 Å². The Balaban J connectivity index is 0.927. The van der Waals surface area contributed by atoms with Crippen LogP contribution in [0, 0.1) is 12.3 Å². The largest absolute Gasteiger partial charge is 0.494 e. The second-order valence-corrected chi connectivity index (χ2v) is 19.3. The molecule has 21 nitrogen and oxygen atoms in total. The molecule has 378 valence electrons. The van der Waals surface area contributed by atoms with Crippen LogP contribution in [0.15, 0.2) is 60.4 Å². The Kier molecular flexibility index (Phi) is 17.9. The summed E-state index contributed by atoms with van der Waals surface area (Å²) in [6.45, 7) is 8.96. The highest BCUT2D eigenvalue weighted by molar-refractivity contribution is 7.13. The van der Waals surface area contributed by atoms with E-state index >= 15 is 0 Å². The molecule has 2 aromatic carbocycles. The number of ether oxygens (including phenoxy) is 1. The van der Waals surface area contributed by atoms with Crippen molar-refractivity contribution in [2.75, 3.05) is 37.9 Å². The standard InChI is InChI=1S/C49H63N13O8S/c1-28(30-18-20-31(21-19-30)43-29(2)53-27-71-43)54-46(67)36-22-32(63)25-62(36)48(69)44(49(3,4)5)57-39(65)17-12-10-9-11-16-38(64)51-24-40(66)56-37-23-35(41(59-58-37)47(68)50-6)55-34-15-13-14-33(42(34)70-8)45-52-26-61(7)60-45/h13-15,18-21,23,26-28,32,36,44,63H,9-12,16-17,22,24-25H2,1-8H3,(H,50,68)(H,51,64)(H,54,67)(H,57,65)(H2,55,56,58,66)/t28-,32+,36-,44?/m0/s1. The summed E-state index contributed by atoms with van der Waals surface area (Å²) < 4.78 is 7.24. The van der Waals surface area contributed by atoms with E-state index in [1.54, 1.807) is 53.1 Å². The van der Waals surface area contributed by atoms with Gasteiger partial charge in [-0.15, -0.1) is 21.5 Å². The van der Waals surface area contributed by atoms with Gasteiger partial charge in [-0.2, -0.15) is 5.10 Å². The minimum Gasteiger partial charge on any atom is -0.494 e. The number of aliphatic hydroxyl groups is 1. The first kappa shape index (κ1) is 53.0. The number of methoxy groups -OCH3 is 1. The van der Waals surface area contributed by atoms with Crippen molar-refractivity contribution in [3.8, 4) is 27.6 Å². The van der Waals surface area contributed by atoms with Gasteiger partial charge in [-0.05, 0) is 55.4 Å². The molecule has 1 aliphatic heterocycles. The summed E-state index contributed by atoms with van der Waals surface area (Å²) in [5.41, 5.74) is 5.20. The maximum Gasteiger partial charge on any atom is 0.273 e. The molecule has 5 aromatic rings. The van der Waals surface area contributed by atoms with Gasteiger partial charge in [0.05, 0.1) is 58.8 Å². The van der Waals surface area contributed by atoms with Crippen LogP contribution in [0.25, 0.3) is 21.8 Å². The van der Waals surface area contributed by atoms with E-state index in [0.29, 0.717) is 48.5 Å². The Morgan fingerprint density at radius 1 is 0.915 bits per heavy atom. The van der Waals surface area contributed by atoms with Crippen molar-refractivity contribution in [1.29, 1.82) is 0 Å². The number of aliphatic hydroxyl groups excluding tert-OH is 1. The third kappa shape index (κ3) is 13.9. The van der Waals surface area contributed by atoms with Gasteiger partial charge in [0.15, 0.2) is 23.1 Å². The summed E-state index contributed by atoms with van der Waals surface area (Å²) in [6.07, 6.45) is 3.33. The monoisotopic (exact) mass is 993 g/mol. The predicted octanol–water partition coefficient (Wildman–Crippen LogP) is 4.58. The van der Waals surface area contributed by atoms with Crippen LogP contribution in [0.4, 0.5) is 17.2 Å². The van der Waals surface area contributed by atoms with Gasteiger partial charge in [-0.3, -0.25) is 33.4 Å². The van der Waals surface area contributed by atoms with Crippen LogP contribution < -0.4 is 36.6 Å². The number of unbranched alkanes of at least 4 members (excludes halogenated alkanes) is 3. The van der Waals surface area contributed by atoms with Crippen molar-refractivity contribution in [2.45, 2.75) is 104 Å². The number of anilines is 3. The number of rotatable bonds is 21. The summed E-state index contributed by atoms with van der Waals surface area (Å²) in [5, 5.41) is 39.8. The Morgan fingerprint density at radius 2 is 1.63 bits per heavy atom. The third-order valence-corrected chi connectivity index (χ3v) is 12.9. The first-order valence-electron chi connectivity index (χ1n) is 23.4. The minimum atomic E-state index is -0.952. The average Bonchev–Trinajstić information content (AvgIpc) is 4.09. The van der Waals surface area contributed by atoms with Gasteiger partial charge >= 0.3 is 0 Å². The van der Waals surface area contributed by atoms with E-state index in [-0.39, 0.29) is 73.3 Å². The number of benzene rings is 2. The van der Waals surface area contributed by atoms with Crippen molar-refractivity contribution in [3.63, 3.8) is 0 Å². The van der Waals surface area contributed by atoms with Crippen LogP contribution in [0.5, 0.6) is 5.75 Å². The van der Waals surface area contributed by atoms with E-state index in [4.69, 9.17) is 4.74 Å². The zero-order valence-corrected chi connectivity index (χ0v) is 42.1. The van der Waals surface area contributed by atoms with Crippen molar-refractivity contribution in [3.05, 3.63) is 77.3 Å². The number of hydrogen-bond donors (Lipinski definition) is 7. The molecule has 1 saturated heterocycles. The number of β-amino-alcohol motifs (C(OH)–C–C–N with tert-alkyl or cyclic N) is 1. The number of carbonyl (C=O) groups is 6. The number of aromatic nitrogens is 6.